The number of aliphatic hydroxyl groups excluding tert-OH is 1. The highest BCUT2D eigenvalue weighted by Crippen LogP contribution is 2.06. The molecular formula is C11H23NO2S. The van der Waals surface area contributed by atoms with E-state index in [1.807, 2.05) is 6.92 Å². The minimum absolute atomic E-state index is 0.0738. The van der Waals surface area contributed by atoms with E-state index >= 15 is 0 Å². The van der Waals surface area contributed by atoms with E-state index in [4.69, 9.17) is 5.11 Å². The summed E-state index contributed by atoms with van der Waals surface area (Å²) in [5.41, 5.74) is 0. The van der Waals surface area contributed by atoms with Crippen molar-refractivity contribution < 1.29 is 9.90 Å². The first-order valence-electron chi connectivity index (χ1n) is 5.54. The molecule has 1 atom stereocenters. The molecule has 1 unspecified atom stereocenters. The Morgan fingerprint density at radius 3 is 2.53 bits per heavy atom. The molecule has 2 N–H and O–H groups in total. The van der Waals surface area contributed by atoms with Crippen molar-refractivity contribution >= 4 is 17.7 Å². The number of hydrogen-bond acceptors (Lipinski definition) is 3. The summed E-state index contributed by atoms with van der Waals surface area (Å²) in [5, 5.41) is 11.5. The van der Waals surface area contributed by atoms with Gasteiger partial charge in [0.25, 0.3) is 0 Å². The summed E-state index contributed by atoms with van der Waals surface area (Å²) in [4.78, 5) is 11.4. The standard InChI is InChI=1S/C11H23NO2S/c1-9(2)4-5-10(3)12-11(14)8-15-7-6-13/h9-10,13H,4-8H2,1-3H3,(H,12,14). The molecule has 0 spiro atoms. The van der Waals surface area contributed by atoms with E-state index in [0.717, 1.165) is 12.8 Å². The van der Waals surface area contributed by atoms with Gasteiger partial charge in [-0.05, 0) is 25.7 Å². The number of hydrogen-bond donors (Lipinski definition) is 2. The van der Waals surface area contributed by atoms with Crippen molar-refractivity contribution in [2.75, 3.05) is 18.1 Å². The van der Waals surface area contributed by atoms with Crippen LogP contribution >= 0.6 is 11.8 Å². The first-order chi connectivity index (χ1) is 7.06. The molecular weight excluding hydrogens is 210 g/mol. The van der Waals surface area contributed by atoms with Gasteiger partial charge in [-0.2, -0.15) is 0 Å². The molecule has 15 heavy (non-hydrogen) atoms. The minimum atomic E-state index is 0.0738. The normalized spacial score (nSPS) is 12.9. The number of carbonyl (C=O) groups excluding carboxylic acids is 1. The minimum Gasteiger partial charge on any atom is -0.396 e. The zero-order valence-corrected chi connectivity index (χ0v) is 10.8. The SMILES string of the molecule is CC(C)CCC(C)NC(=O)CSCCO. The molecule has 0 aromatic carbocycles. The topological polar surface area (TPSA) is 49.3 Å². The molecule has 0 fully saturated rings. The summed E-state index contributed by atoms with van der Waals surface area (Å²) in [5.74, 6) is 1.85. The second-order valence-corrected chi connectivity index (χ2v) is 5.32. The molecule has 1 amide bonds. The first kappa shape index (κ1) is 14.8. The lowest BCUT2D eigenvalue weighted by Gasteiger charge is -2.14. The van der Waals surface area contributed by atoms with E-state index in [-0.39, 0.29) is 18.6 Å². The highest BCUT2D eigenvalue weighted by molar-refractivity contribution is 7.99. The molecule has 0 radical (unpaired) electrons. The van der Waals surface area contributed by atoms with Crippen molar-refractivity contribution in [2.24, 2.45) is 5.92 Å². The van der Waals surface area contributed by atoms with Crippen LogP contribution in [-0.2, 0) is 4.79 Å². The molecule has 90 valence electrons. The van der Waals surface area contributed by atoms with Gasteiger partial charge in [0.1, 0.15) is 0 Å². The first-order valence-corrected chi connectivity index (χ1v) is 6.69. The van der Waals surface area contributed by atoms with Gasteiger partial charge in [0.15, 0.2) is 0 Å². The quantitative estimate of drug-likeness (QED) is 0.627. The Balaban J connectivity index is 3.49. The Morgan fingerprint density at radius 1 is 1.33 bits per heavy atom. The van der Waals surface area contributed by atoms with Crippen molar-refractivity contribution in [3.63, 3.8) is 0 Å². The Hall–Kier alpha value is -0.220. The average Bonchev–Trinajstić information content (AvgIpc) is 2.15. The number of nitrogens with one attached hydrogen (secondary N) is 1. The molecule has 4 heteroatoms. The Kier molecular flexibility index (Phi) is 8.91. The summed E-state index contributed by atoms with van der Waals surface area (Å²) in [7, 11) is 0. The van der Waals surface area contributed by atoms with E-state index in [1.165, 1.54) is 11.8 Å². The van der Waals surface area contributed by atoms with E-state index in [1.54, 1.807) is 0 Å². The van der Waals surface area contributed by atoms with Crippen LogP contribution in [0.25, 0.3) is 0 Å². The third-order valence-electron chi connectivity index (χ3n) is 2.05. The van der Waals surface area contributed by atoms with Crippen LogP contribution in [0.3, 0.4) is 0 Å². The van der Waals surface area contributed by atoms with Crippen LogP contribution in [0.15, 0.2) is 0 Å². The molecule has 0 aliphatic rings. The van der Waals surface area contributed by atoms with Gasteiger partial charge >= 0.3 is 0 Å². The second-order valence-electron chi connectivity index (χ2n) is 4.22. The maximum absolute atomic E-state index is 11.4. The molecule has 0 saturated carbocycles. The van der Waals surface area contributed by atoms with E-state index in [0.29, 0.717) is 17.4 Å². The van der Waals surface area contributed by atoms with Gasteiger partial charge in [-0.1, -0.05) is 13.8 Å². The number of rotatable bonds is 8. The van der Waals surface area contributed by atoms with Crippen LogP contribution in [-0.4, -0.2) is 35.2 Å². The van der Waals surface area contributed by atoms with Crippen LogP contribution < -0.4 is 5.32 Å². The molecule has 0 aromatic heterocycles. The van der Waals surface area contributed by atoms with Gasteiger partial charge in [-0.15, -0.1) is 11.8 Å². The van der Waals surface area contributed by atoms with Crippen molar-refractivity contribution in [2.45, 2.75) is 39.7 Å². The average molecular weight is 233 g/mol. The van der Waals surface area contributed by atoms with Crippen LogP contribution in [0.5, 0.6) is 0 Å². The fraction of sp³-hybridized carbons (Fsp3) is 0.909. The van der Waals surface area contributed by atoms with Crippen LogP contribution in [0.4, 0.5) is 0 Å². The largest absolute Gasteiger partial charge is 0.396 e. The number of amides is 1. The Labute approximate surface area is 97.0 Å². The predicted octanol–water partition coefficient (Wildman–Crippen LogP) is 1.65. The van der Waals surface area contributed by atoms with Crippen LogP contribution in [0.1, 0.15) is 33.6 Å². The number of aliphatic hydroxyl groups is 1. The fourth-order valence-electron chi connectivity index (χ4n) is 1.20. The molecule has 0 aromatic rings. The molecule has 0 heterocycles. The van der Waals surface area contributed by atoms with E-state index < -0.39 is 0 Å². The lowest BCUT2D eigenvalue weighted by Crippen LogP contribution is -2.34. The van der Waals surface area contributed by atoms with Gasteiger partial charge < -0.3 is 10.4 Å². The van der Waals surface area contributed by atoms with Crippen molar-refractivity contribution in [3.05, 3.63) is 0 Å². The van der Waals surface area contributed by atoms with E-state index in [9.17, 15) is 4.79 Å². The summed E-state index contributed by atoms with van der Waals surface area (Å²) < 4.78 is 0. The van der Waals surface area contributed by atoms with Crippen molar-refractivity contribution in [1.82, 2.24) is 5.32 Å². The lowest BCUT2D eigenvalue weighted by atomic mass is 10.0. The molecule has 0 saturated heterocycles. The van der Waals surface area contributed by atoms with Gasteiger partial charge in [0.05, 0.1) is 12.4 Å². The maximum atomic E-state index is 11.4. The highest BCUT2D eigenvalue weighted by atomic mass is 32.2. The van der Waals surface area contributed by atoms with Crippen LogP contribution in [0, 0.1) is 5.92 Å². The maximum Gasteiger partial charge on any atom is 0.230 e. The van der Waals surface area contributed by atoms with Gasteiger partial charge in [-0.25, -0.2) is 0 Å². The molecule has 0 rings (SSSR count). The smallest absolute Gasteiger partial charge is 0.230 e. The van der Waals surface area contributed by atoms with E-state index in [2.05, 4.69) is 19.2 Å². The second kappa shape index (κ2) is 9.04. The third-order valence-corrected chi connectivity index (χ3v) is 2.99. The van der Waals surface area contributed by atoms with Crippen LogP contribution in [0.2, 0.25) is 0 Å². The Bertz CT molecular complexity index is 174. The summed E-state index contributed by atoms with van der Waals surface area (Å²) in [6.07, 6.45) is 2.18. The van der Waals surface area contributed by atoms with Crippen molar-refractivity contribution in [3.8, 4) is 0 Å². The molecule has 0 aliphatic carbocycles. The lowest BCUT2D eigenvalue weighted by molar-refractivity contribution is -0.119. The highest BCUT2D eigenvalue weighted by Gasteiger charge is 2.07. The molecule has 0 aliphatic heterocycles. The number of thioether (sulfide) groups is 1. The Morgan fingerprint density at radius 2 is 2.00 bits per heavy atom. The summed E-state index contributed by atoms with van der Waals surface area (Å²) in [6, 6.07) is 0.259. The van der Waals surface area contributed by atoms with Gasteiger partial charge in [-0.3, -0.25) is 4.79 Å². The van der Waals surface area contributed by atoms with Gasteiger partial charge in [0, 0.05) is 11.8 Å². The summed E-state index contributed by atoms with van der Waals surface area (Å²) in [6.45, 7) is 6.55. The zero-order chi connectivity index (χ0) is 11.7. The third kappa shape index (κ3) is 10.1. The monoisotopic (exact) mass is 233 g/mol. The van der Waals surface area contributed by atoms with Gasteiger partial charge in [0.2, 0.25) is 5.91 Å². The fourth-order valence-corrected chi connectivity index (χ4v) is 1.74. The van der Waals surface area contributed by atoms with Crippen molar-refractivity contribution in [1.29, 1.82) is 0 Å². The number of carbonyl (C=O) groups is 1. The summed E-state index contributed by atoms with van der Waals surface area (Å²) >= 11 is 1.47. The zero-order valence-electron chi connectivity index (χ0n) is 9.95. The predicted molar refractivity (Wildman–Crippen MR) is 66.1 cm³/mol. The molecule has 3 nitrogen and oxygen atoms in total. The molecule has 0 bridgehead atoms.